The summed E-state index contributed by atoms with van der Waals surface area (Å²) in [7, 11) is 0. The lowest BCUT2D eigenvalue weighted by Gasteiger charge is -2.34. The third kappa shape index (κ3) is 6.66. The second-order valence-electron chi connectivity index (χ2n) is 9.49. The molecule has 0 atom stereocenters. The molecule has 0 aliphatic carbocycles. The van der Waals surface area contributed by atoms with E-state index < -0.39 is 5.91 Å². The fraction of sp³-hybridized carbons (Fsp3) is 0.423. The number of hydrogen-bond acceptors (Lipinski definition) is 7. The number of amides is 3. The quantitative estimate of drug-likeness (QED) is 0.325. The first-order chi connectivity index (χ1) is 18.2. The predicted molar refractivity (Wildman–Crippen MR) is 144 cm³/mol. The maximum atomic E-state index is 13.4. The van der Waals surface area contributed by atoms with Gasteiger partial charge in [-0.05, 0) is 57.0 Å². The van der Waals surface area contributed by atoms with E-state index in [-0.39, 0.29) is 43.4 Å². The van der Waals surface area contributed by atoms with E-state index in [1.165, 1.54) is 10.8 Å². The van der Waals surface area contributed by atoms with Gasteiger partial charge in [0.2, 0.25) is 11.7 Å². The molecule has 3 heterocycles. The second-order valence-corrected chi connectivity index (χ2v) is 9.93. The van der Waals surface area contributed by atoms with Crippen molar-refractivity contribution in [2.45, 2.75) is 45.3 Å². The lowest BCUT2D eigenvalue weighted by atomic mass is 10.0. The number of aromatic nitrogens is 3. The molecular weight excluding hydrogens is 510 g/mol. The molecule has 12 heteroatoms. The van der Waals surface area contributed by atoms with Crippen molar-refractivity contribution in [3.05, 3.63) is 52.9 Å². The largest absolute Gasteiger partial charge is 0.395 e. The van der Waals surface area contributed by atoms with Crippen LogP contribution in [0.1, 0.15) is 47.7 Å². The summed E-state index contributed by atoms with van der Waals surface area (Å²) in [6.07, 6.45) is 3.07. The van der Waals surface area contributed by atoms with E-state index in [0.29, 0.717) is 33.5 Å². The Hall–Kier alpha value is -3.54. The molecule has 1 aliphatic rings. The third-order valence-corrected chi connectivity index (χ3v) is 6.73. The number of piperidine rings is 1. The zero-order chi connectivity index (χ0) is 27.2. The Morgan fingerprint density at radius 2 is 1.89 bits per heavy atom. The van der Waals surface area contributed by atoms with Gasteiger partial charge in [0.15, 0.2) is 0 Å². The molecule has 11 nitrogen and oxygen atoms in total. The molecule has 4 N–H and O–H groups in total. The number of nitrogens with one attached hydrogen (secondary N) is 3. The number of rotatable bonds is 9. The van der Waals surface area contributed by atoms with Crippen LogP contribution in [0.5, 0.6) is 0 Å². The van der Waals surface area contributed by atoms with Crippen LogP contribution in [0.15, 0.2) is 36.5 Å². The molecule has 1 saturated heterocycles. The van der Waals surface area contributed by atoms with Crippen LogP contribution in [0.4, 0.5) is 5.82 Å². The average Bonchev–Trinajstić information content (AvgIpc) is 3.26. The van der Waals surface area contributed by atoms with Crippen molar-refractivity contribution in [1.82, 2.24) is 30.1 Å². The fourth-order valence-corrected chi connectivity index (χ4v) is 4.57. The number of nitrogens with zero attached hydrogens (tertiary/aromatic N) is 4. The first-order valence-corrected chi connectivity index (χ1v) is 13.0. The number of anilines is 1. The zero-order valence-electron chi connectivity index (χ0n) is 21.4. The summed E-state index contributed by atoms with van der Waals surface area (Å²) < 4.78 is 1.54. The van der Waals surface area contributed by atoms with Gasteiger partial charge in [-0.2, -0.15) is 0 Å². The molecule has 0 saturated carbocycles. The molecule has 1 aliphatic heterocycles. The summed E-state index contributed by atoms with van der Waals surface area (Å²) in [5.74, 6) is -0.742. The SMILES string of the molecule is CC(C)N1CCC(NC(=O)c2nc3cc(C(=O)NCCO)ccc3n2CC(=O)Nc2ccc(Cl)cn2)CC1. The van der Waals surface area contributed by atoms with E-state index >= 15 is 0 Å². The molecule has 0 spiro atoms. The van der Waals surface area contributed by atoms with Gasteiger partial charge in [-0.25, -0.2) is 9.97 Å². The highest BCUT2D eigenvalue weighted by atomic mass is 35.5. The summed E-state index contributed by atoms with van der Waals surface area (Å²) in [5, 5.41) is 17.8. The van der Waals surface area contributed by atoms with Gasteiger partial charge >= 0.3 is 0 Å². The number of benzene rings is 1. The molecule has 2 aromatic heterocycles. The molecule has 0 bridgehead atoms. The number of likely N-dealkylation sites (tertiary alicyclic amines) is 1. The number of pyridine rings is 1. The van der Waals surface area contributed by atoms with Crippen LogP contribution in [0, 0.1) is 0 Å². The number of halogens is 1. The Labute approximate surface area is 225 Å². The maximum Gasteiger partial charge on any atom is 0.287 e. The Bertz CT molecular complexity index is 1300. The highest BCUT2D eigenvalue weighted by Gasteiger charge is 2.26. The third-order valence-electron chi connectivity index (χ3n) is 6.50. The number of imidazole rings is 1. The smallest absolute Gasteiger partial charge is 0.287 e. The normalized spacial score (nSPS) is 14.6. The summed E-state index contributed by atoms with van der Waals surface area (Å²) >= 11 is 5.88. The highest BCUT2D eigenvalue weighted by molar-refractivity contribution is 6.30. The first-order valence-electron chi connectivity index (χ1n) is 12.6. The van der Waals surface area contributed by atoms with E-state index in [9.17, 15) is 14.4 Å². The van der Waals surface area contributed by atoms with Gasteiger partial charge in [-0.15, -0.1) is 0 Å². The Morgan fingerprint density at radius 1 is 1.13 bits per heavy atom. The van der Waals surface area contributed by atoms with Crippen molar-refractivity contribution in [3.8, 4) is 0 Å². The highest BCUT2D eigenvalue weighted by Crippen LogP contribution is 2.20. The molecule has 202 valence electrons. The molecular formula is C26H32ClN7O4. The minimum atomic E-state index is -0.400. The van der Waals surface area contributed by atoms with Crippen molar-refractivity contribution in [1.29, 1.82) is 0 Å². The Morgan fingerprint density at radius 3 is 2.55 bits per heavy atom. The fourth-order valence-electron chi connectivity index (χ4n) is 4.46. The van der Waals surface area contributed by atoms with Crippen LogP contribution >= 0.6 is 11.6 Å². The number of aliphatic hydroxyl groups is 1. The first kappa shape index (κ1) is 27.5. The van der Waals surface area contributed by atoms with E-state index in [1.54, 1.807) is 30.3 Å². The van der Waals surface area contributed by atoms with Crippen molar-refractivity contribution >= 4 is 46.2 Å². The van der Waals surface area contributed by atoms with E-state index in [4.69, 9.17) is 16.7 Å². The Balaban J connectivity index is 1.58. The van der Waals surface area contributed by atoms with Crippen molar-refractivity contribution in [3.63, 3.8) is 0 Å². The van der Waals surface area contributed by atoms with E-state index in [2.05, 4.69) is 44.7 Å². The van der Waals surface area contributed by atoms with Crippen LogP contribution in [0.3, 0.4) is 0 Å². The van der Waals surface area contributed by atoms with Crippen LogP contribution in [-0.2, 0) is 11.3 Å². The van der Waals surface area contributed by atoms with Gasteiger partial charge in [0.25, 0.3) is 11.8 Å². The zero-order valence-corrected chi connectivity index (χ0v) is 22.2. The lowest BCUT2D eigenvalue weighted by molar-refractivity contribution is -0.116. The number of carbonyl (C=O) groups excluding carboxylic acids is 3. The van der Waals surface area contributed by atoms with Crippen LogP contribution in [0.25, 0.3) is 11.0 Å². The average molecular weight is 542 g/mol. The van der Waals surface area contributed by atoms with Gasteiger partial charge in [-0.1, -0.05) is 11.6 Å². The second kappa shape index (κ2) is 12.3. The number of carbonyl (C=O) groups is 3. The summed E-state index contributed by atoms with van der Waals surface area (Å²) in [6, 6.07) is 8.46. The summed E-state index contributed by atoms with van der Waals surface area (Å²) in [6.45, 7) is 5.84. The van der Waals surface area contributed by atoms with Gasteiger partial charge in [-0.3, -0.25) is 14.4 Å². The standard InChI is InChI=1S/C26H32ClN7O4/c1-16(2)33-10-7-19(8-11-33)30-26(38)24-31-20-13-17(25(37)28-9-12-35)3-5-21(20)34(24)15-23(36)32-22-6-4-18(27)14-29-22/h3-6,13-14,16,19,35H,7-12,15H2,1-2H3,(H,28,37)(H,30,38)(H,29,32,36). The van der Waals surface area contributed by atoms with Crippen LogP contribution in [-0.4, -0.2) is 80.6 Å². The van der Waals surface area contributed by atoms with Gasteiger partial charge in [0.1, 0.15) is 12.4 Å². The molecule has 1 fully saturated rings. The van der Waals surface area contributed by atoms with Gasteiger partial charge in [0.05, 0.1) is 22.7 Å². The predicted octanol–water partition coefficient (Wildman–Crippen LogP) is 2.05. The molecule has 3 aromatic rings. The van der Waals surface area contributed by atoms with Gasteiger partial charge < -0.3 is 30.5 Å². The van der Waals surface area contributed by atoms with Gasteiger partial charge in [0, 0.05) is 43.5 Å². The molecule has 0 radical (unpaired) electrons. The number of aliphatic hydroxyl groups excluding tert-OH is 1. The van der Waals surface area contributed by atoms with Crippen LogP contribution < -0.4 is 16.0 Å². The lowest BCUT2D eigenvalue weighted by Crippen LogP contribution is -2.47. The van der Waals surface area contributed by atoms with Crippen molar-refractivity contribution < 1.29 is 19.5 Å². The summed E-state index contributed by atoms with van der Waals surface area (Å²) in [5.41, 5.74) is 1.26. The van der Waals surface area contributed by atoms with E-state index in [0.717, 1.165) is 25.9 Å². The topological polar surface area (TPSA) is 141 Å². The van der Waals surface area contributed by atoms with E-state index in [1.807, 2.05) is 0 Å². The molecule has 0 unspecified atom stereocenters. The summed E-state index contributed by atoms with van der Waals surface area (Å²) in [4.78, 5) is 49.7. The Kier molecular flexibility index (Phi) is 8.93. The minimum absolute atomic E-state index is 0.00215. The molecule has 3 amide bonds. The molecule has 1 aromatic carbocycles. The number of fused-ring (bicyclic) bond motifs is 1. The molecule has 38 heavy (non-hydrogen) atoms. The van der Waals surface area contributed by atoms with Crippen LogP contribution in [0.2, 0.25) is 5.02 Å². The minimum Gasteiger partial charge on any atom is -0.395 e. The maximum absolute atomic E-state index is 13.4. The monoisotopic (exact) mass is 541 g/mol. The van der Waals surface area contributed by atoms with Crippen molar-refractivity contribution in [2.75, 3.05) is 31.6 Å². The van der Waals surface area contributed by atoms with Crippen molar-refractivity contribution in [2.24, 2.45) is 0 Å². The molecule has 4 rings (SSSR count). The number of hydrogen-bond donors (Lipinski definition) is 4.